The third-order valence-corrected chi connectivity index (χ3v) is 3.27. The highest BCUT2D eigenvalue weighted by Gasteiger charge is 2.20. The van der Waals surface area contributed by atoms with E-state index >= 15 is 0 Å². The molecule has 0 amide bonds. The van der Waals surface area contributed by atoms with E-state index < -0.39 is 0 Å². The maximum atomic E-state index is 11.5. The lowest BCUT2D eigenvalue weighted by atomic mass is 10.1. The molecule has 2 aromatic rings. The Morgan fingerprint density at radius 3 is 2.73 bits per heavy atom. The summed E-state index contributed by atoms with van der Waals surface area (Å²) in [6.45, 7) is 3.63. The second kappa shape index (κ2) is 3.42. The molecule has 0 aliphatic rings. The fourth-order valence-electron chi connectivity index (χ4n) is 1.58. The summed E-state index contributed by atoms with van der Waals surface area (Å²) in [5, 5.41) is 11.5. The number of anilines is 2. The quantitative estimate of drug-likeness (QED) is 0.337. The molecule has 0 saturated carbocycles. The molecule has 0 unspecified atom stereocenters. The van der Waals surface area contributed by atoms with E-state index in [0.29, 0.717) is 22.4 Å². The number of nitrogen functional groups attached to an aromatic ring is 1. The number of hydrogen-bond acceptors (Lipinski definition) is 6. The summed E-state index contributed by atoms with van der Waals surface area (Å²) in [6, 6.07) is 0. The molecule has 0 aliphatic heterocycles. The number of aryl methyl sites for hydroxylation is 2. The van der Waals surface area contributed by atoms with E-state index in [9.17, 15) is 5.21 Å². The van der Waals surface area contributed by atoms with Crippen LogP contribution in [0.15, 0.2) is 0 Å². The van der Waals surface area contributed by atoms with Crippen molar-refractivity contribution in [2.45, 2.75) is 13.8 Å². The highest BCUT2D eigenvalue weighted by Crippen LogP contribution is 2.33. The third-order valence-electron chi connectivity index (χ3n) is 2.47. The van der Waals surface area contributed by atoms with Gasteiger partial charge in [-0.3, -0.25) is 0 Å². The first kappa shape index (κ1) is 10.3. The number of nitrogens with zero attached hydrogens (tertiary/aromatic N) is 2. The summed E-state index contributed by atoms with van der Waals surface area (Å²) in [5.74, 6) is 0. The van der Waals surface area contributed by atoms with Gasteiger partial charge < -0.3 is 28.5 Å². The Bertz CT molecular complexity index is 537. The smallest absolute Gasteiger partial charge is 0.281 e. The lowest BCUT2D eigenvalue weighted by molar-refractivity contribution is -0.501. The SMILES string of the molecule is Cc1c(N)c(N[S-])c(C)c2c1ns[n+]2[O-]. The Hall–Kier alpha value is -1.21. The molecule has 0 atom stereocenters. The van der Waals surface area contributed by atoms with E-state index in [-0.39, 0.29) is 0 Å². The average Bonchev–Trinajstić information content (AvgIpc) is 2.58. The Balaban J connectivity index is 2.99. The molecule has 1 aromatic heterocycles. The van der Waals surface area contributed by atoms with Crippen LogP contribution >= 0.6 is 11.7 Å². The van der Waals surface area contributed by atoms with E-state index in [0.717, 1.165) is 27.0 Å². The van der Waals surface area contributed by atoms with Crippen LogP contribution in [0.1, 0.15) is 11.1 Å². The van der Waals surface area contributed by atoms with Gasteiger partial charge in [0.2, 0.25) is 5.52 Å². The molecule has 3 N–H and O–H groups in total. The van der Waals surface area contributed by atoms with Crippen LogP contribution in [-0.4, -0.2) is 4.37 Å². The van der Waals surface area contributed by atoms with Crippen LogP contribution in [0.2, 0.25) is 0 Å². The van der Waals surface area contributed by atoms with Gasteiger partial charge in [0.1, 0.15) is 0 Å². The first-order valence-corrected chi connectivity index (χ1v) is 5.38. The van der Waals surface area contributed by atoms with E-state index in [1.54, 1.807) is 6.92 Å². The summed E-state index contributed by atoms with van der Waals surface area (Å²) < 4.78 is 7.43. The zero-order valence-corrected chi connectivity index (χ0v) is 9.83. The van der Waals surface area contributed by atoms with E-state index in [4.69, 9.17) is 18.5 Å². The van der Waals surface area contributed by atoms with Gasteiger partial charge in [0.25, 0.3) is 11.7 Å². The number of rotatable bonds is 1. The van der Waals surface area contributed by atoms with Gasteiger partial charge in [-0.2, -0.15) is 4.12 Å². The maximum Gasteiger partial charge on any atom is 0.281 e. The zero-order valence-electron chi connectivity index (χ0n) is 8.20. The molecule has 1 aromatic carbocycles. The van der Waals surface area contributed by atoms with Crippen LogP contribution in [0.5, 0.6) is 0 Å². The van der Waals surface area contributed by atoms with Crippen molar-refractivity contribution in [3.63, 3.8) is 0 Å². The van der Waals surface area contributed by atoms with E-state index in [1.165, 1.54) is 0 Å². The number of fused-ring (bicyclic) bond motifs is 1. The molecule has 1 heterocycles. The number of aromatic nitrogens is 2. The maximum absolute atomic E-state index is 11.5. The van der Waals surface area contributed by atoms with Gasteiger partial charge in [-0.1, -0.05) is 0 Å². The van der Waals surface area contributed by atoms with Crippen LogP contribution in [0, 0.1) is 19.1 Å². The van der Waals surface area contributed by atoms with Gasteiger partial charge in [-0.05, 0) is 13.8 Å². The lowest BCUT2D eigenvalue weighted by Gasteiger charge is -2.17. The minimum Gasteiger partial charge on any atom is -0.700 e. The average molecular weight is 241 g/mol. The second-order valence-electron chi connectivity index (χ2n) is 3.27. The van der Waals surface area contributed by atoms with Crippen LogP contribution in [0.3, 0.4) is 0 Å². The molecule has 0 aliphatic carbocycles. The van der Waals surface area contributed by atoms with Gasteiger partial charge in [-0.25, -0.2) is 0 Å². The first-order chi connectivity index (χ1) is 7.07. The molecule has 0 saturated heterocycles. The fraction of sp³-hybridized carbons (Fsp3) is 0.250. The normalized spacial score (nSPS) is 10.9. The molecule has 0 bridgehead atoms. The zero-order chi connectivity index (χ0) is 11.2. The monoisotopic (exact) mass is 241 g/mol. The van der Waals surface area contributed by atoms with Crippen molar-refractivity contribution in [3.05, 3.63) is 16.3 Å². The summed E-state index contributed by atoms with van der Waals surface area (Å²) in [4.78, 5) is 0. The Morgan fingerprint density at radius 1 is 1.47 bits per heavy atom. The van der Waals surface area contributed by atoms with Gasteiger partial charge >= 0.3 is 0 Å². The summed E-state index contributed by atoms with van der Waals surface area (Å²) >= 11 is 5.64. The topological polar surface area (TPSA) is 77.9 Å². The third kappa shape index (κ3) is 1.30. The first-order valence-electron chi connectivity index (χ1n) is 4.24. The van der Waals surface area contributed by atoms with Crippen molar-refractivity contribution in [1.82, 2.24) is 4.37 Å². The largest absolute Gasteiger partial charge is 0.700 e. The van der Waals surface area contributed by atoms with Crippen molar-refractivity contribution >= 4 is 47.0 Å². The predicted octanol–water partition coefficient (Wildman–Crippen LogP) is 1.00. The minimum atomic E-state index is 0.541. The molecule has 0 spiro atoms. The molecule has 0 radical (unpaired) electrons. The van der Waals surface area contributed by atoms with Crippen molar-refractivity contribution in [3.8, 4) is 0 Å². The Morgan fingerprint density at radius 2 is 2.13 bits per heavy atom. The standard InChI is InChI=1S/C8H9N4OS2/c1-3-5(9)6(10-14)4(2)8-7(3)11-15-12(8)13/h10H,9H2,1-2H3/q-1. The summed E-state index contributed by atoms with van der Waals surface area (Å²) in [5.41, 5.74) is 9.80. The van der Waals surface area contributed by atoms with Crippen molar-refractivity contribution in [2.75, 3.05) is 10.5 Å². The summed E-state index contributed by atoms with van der Waals surface area (Å²) in [7, 11) is 0. The highest BCUT2D eigenvalue weighted by atomic mass is 32.1. The minimum absolute atomic E-state index is 0.541. The molecule has 7 heteroatoms. The van der Waals surface area contributed by atoms with E-state index in [2.05, 4.69) is 9.10 Å². The van der Waals surface area contributed by atoms with Crippen molar-refractivity contribution < 1.29 is 4.12 Å². The number of nitrogens with one attached hydrogen (secondary N) is 1. The van der Waals surface area contributed by atoms with Crippen LogP contribution in [-0.2, 0) is 12.8 Å². The van der Waals surface area contributed by atoms with Gasteiger partial charge in [0.15, 0.2) is 5.52 Å². The second-order valence-corrected chi connectivity index (χ2v) is 4.15. The molecular formula is C8H9N4OS2-. The van der Waals surface area contributed by atoms with Gasteiger partial charge in [0, 0.05) is 21.2 Å². The molecule has 0 fully saturated rings. The van der Waals surface area contributed by atoms with E-state index in [1.807, 2.05) is 6.92 Å². The molecule has 5 nitrogen and oxygen atoms in total. The number of hydrogen-bond donors (Lipinski definition) is 2. The number of benzene rings is 1. The van der Waals surface area contributed by atoms with Crippen LogP contribution < -0.4 is 14.6 Å². The number of nitrogens with two attached hydrogens (primary N) is 1. The lowest BCUT2D eigenvalue weighted by Crippen LogP contribution is -2.21. The molecular weight excluding hydrogens is 232 g/mol. The molecule has 80 valence electrons. The van der Waals surface area contributed by atoms with Gasteiger partial charge in [-0.15, -0.1) is 0 Å². The summed E-state index contributed by atoms with van der Waals surface area (Å²) in [6.07, 6.45) is 0. The van der Waals surface area contributed by atoms with Crippen LogP contribution in [0.4, 0.5) is 11.4 Å². The molecule has 15 heavy (non-hydrogen) atoms. The Labute approximate surface area is 96.3 Å². The Kier molecular flexibility index (Phi) is 2.35. The molecule has 2 rings (SSSR count). The highest BCUT2D eigenvalue weighted by molar-refractivity contribution is 7.60. The van der Waals surface area contributed by atoms with Crippen molar-refractivity contribution in [1.29, 1.82) is 0 Å². The van der Waals surface area contributed by atoms with Crippen LogP contribution in [0.25, 0.3) is 11.0 Å². The van der Waals surface area contributed by atoms with Gasteiger partial charge in [0.05, 0.1) is 5.69 Å². The fourth-order valence-corrected chi connectivity index (χ4v) is 2.52. The van der Waals surface area contributed by atoms with Crippen molar-refractivity contribution in [2.24, 2.45) is 0 Å². The predicted molar refractivity (Wildman–Crippen MR) is 63.5 cm³/mol.